The zero-order valence-corrected chi connectivity index (χ0v) is 12.7. The van der Waals surface area contributed by atoms with Gasteiger partial charge in [-0.05, 0) is 32.9 Å². The number of H-pyrrole nitrogens is 1. The number of aromatic amines is 1. The molecule has 2 rings (SSSR count). The summed E-state index contributed by atoms with van der Waals surface area (Å²) in [6, 6.07) is 5.54. The van der Waals surface area contributed by atoms with Crippen molar-refractivity contribution in [2.45, 2.75) is 32.9 Å². The number of aromatic nitrogens is 2. The van der Waals surface area contributed by atoms with Gasteiger partial charge in [0, 0.05) is 11.1 Å². The summed E-state index contributed by atoms with van der Waals surface area (Å²) < 4.78 is 0. The third-order valence-corrected chi connectivity index (χ3v) is 3.38. The predicted molar refractivity (Wildman–Crippen MR) is 80.6 cm³/mol. The molecule has 2 N–H and O–H groups in total. The fourth-order valence-corrected chi connectivity index (χ4v) is 1.91. The Labute approximate surface area is 123 Å². The van der Waals surface area contributed by atoms with Crippen LogP contribution in [0.4, 0.5) is 0 Å². The fraction of sp³-hybridized carbons (Fsp3) is 0.357. The lowest BCUT2D eigenvalue weighted by Gasteiger charge is -2.19. The van der Waals surface area contributed by atoms with E-state index in [-0.39, 0.29) is 5.54 Å². The molecule has 0 atom stereocenters. The Kier molecular flexibility index (Phi) is 4.19. The molecule has 1 aromatic carbocycles. The molecule has 0 saturated carbocycles. The molecule has 2 aromatic rings. The normalized spacial score (nSPS) is 11.8. The van der Waals surface area contributed by atoms with Crippen LogP contribution in [0, 0.1) is 0 Å². The molecular weight excluding hydrogens is 281 g/mol. The van der Waals surface area contributed by atoms with Crippen molar-refractivity contribution in [3.8, 4) is 11.3 Å². The van der Waals surface area contributed by atoms with Gasteiger partial charge in [0.15, 0.2) is 0 Å². The van der Waals surface area contributed by atoms with Crippen LogP contribution < -0.4 is 5.32 Å². The smallest absolute Gasteiger partial charge is 0.120 e. The van der Waals surface area contributed by atoms with Gasteiger partial charge in [-0.25, -0.2) is 4.98 Å². The van der Waals surface area contributed by atoms with Crippen LogP contribution in [0.3, 0.4) is 0 Å². The number of benzene rings is 1. The Morgan fingerprint density at radius 1 is 1.21 bits per heavy atom. The van der Waals surface area contributed by atoms with E-state index in [1.807, 2.05) is 12.1 Å². The minimum absolute atomic E-state index is 0.0660. The first-order chi connectivity index (χ1) is 8.85. The number of halogens is 2. The summed E-state index contributed by atoms with van der Waals surface area (Å²) in [6.07, 6.45) is 1.80. The van der Waals surface area contributed by atoms with Crippen LogP contribution in [0.5, 0.6) is 0 Å². The quantitative estimate of drug-likeness (QED) is 0.888. The van der Waals surface area contributed by atoms with Crippen LogP contribution in [-0.2, 0) is 6.54 Å². The first kappa shape index (κ1) is 14.4. The van der Waals surface area contributed by atoms with E-state index in [1.54, 1.807) is 12.3 Å². The molecule has 0 radical (unpaired) electrons. The van der Waals surface area contributed by atoms with E-state index in [9.17, 15) is 0 Å². The van der Waals surface area contributed by atoms with Crippen molar-refractivity contribution in [1.82, 2.24) is 15.3 Å². The Hall–Kier alpha value is -1.03. The number of hydrogen-bond donors (Lipinski definition) is 2. The van der Waals surface area contributed by atoms with Crippen molar-refractivity contribution >= 4 is 23.2 Å². The van der Waals surface area contributed by atoms with Gasteiger partial charge in [0.2, 0.25) is 0 Å². The molecule has 1 aromatic heterocycles. The number of nitrogens with one attached hydrogen (secondary N) is 2. The molecule has 0 aliphatic carbocycles. The molecular formula is C14H17Cl2N3. The van der Waals surface area contributed by atoms with Crippen molar-refractivity contribution in [3.63, 3.8) is 0 Å². The summed E-state index contributed by atoms with van der Waals surface area (Å²) in [5.41, 5.74) is 1.98. The second kappa shape index (κ2) is 5.53. The SMILES string of the molecule is CC(C)(C)NCc1ncc(-c2ccc(Cl)c(Cl)c2)[nH]1. The van der Waals surface area contributed by atoms with Gasteiger partial charge in [-0.2, -0.15) is 0 Å². The van der Waals surface area contributed by atoms with E-state index in [0.717, 1.165) is 17.1 Å². The highest BCUT2D eigenvalue weighted by Crippen LogP contribution is 2.27. The molecule has 1 heterocycles. The Morgan fingerprint density at radius 2 is 1.95 bits per heavy atom. The van der Waals surface area contributed by atoms with Gasteiger partial charge in [0.25, 0.3) is 0 Å². The standard InChI is InChI=1S/C14H17Cl2N3/c1-14(2,3)18-8-13-17-7-12(19-13)9-4-5-10(15)11(16)6-9/h4-7,18H,8H2,1-3H3,(H,17,19). The highest BCUT2D eigenvalue weighted by Gasteiger charge is 2.10. The molecule has 19 heavy (non-hydrogen) atoms. The number of hydrogen-bond acceptors (Lipinski definition) is 2. The van der Waals surface area contributed by atoms with Gasteiger partial charge in [-0.15, -0.1) is 0 Å². The zero-order valence-electron chi connectivity index (χ0n) is 11.2. The Morgan fingerprint density at radius 3 is 2.58 bits per heavy atom. The van der Waals surface area contributed by atoms with Gasteiger partial charge in [0.1, 0.15) is 5.82 Å². The van der Waals surface area contributed by atoms with Crippen LogP contribution in [0.2, 0.25) is 10.0 Å². The highest BCUT2D eigenvalue weighted by atomic mass is 35.5. The molecule has 0 aliphatic heterocycles. The van der Waals surface area contributed by atoms with Crippen molar-refractivity contribution in [1.29, 1.82) is 0 Å². The average molecular weight is 298 g/mol. The maximum Gasteiger partial charge on any atom is 0.120 e. The molecule has 5 heteroatoms. The van der Waals surface area contributed by atoms with Crippen LogP contribution in [-0.4, -0.2) is 15.5 Å². The molecule has 102 valence electrons. The van der Waals surface area contributed by atoms with E-state index in [1.165, 1.54) is 0 Å². The minimum atomic E-state index is 0.0660. The summed E-state index contributed by atoms with van der Waals surface area (Å²) in [4.78, 5) is 7.63. The maximum absolute atomic E-state index is 6.01. The molecule has 0 spiro atoms. The second-order valence-corrected chi connectivity index (χ2v) is 6.29. The maximum atomic E-state index is 6.01. The third-order valence-electron chi connectivity index (χ3n) is 2.65. The Bertz CT molecular complexity index is 570. The topological polar surface area (TPSA) is 40.7 Å². The first-order valence-electron chi connectivity index (χ1n) is 6.09. The summed E-state index contributed by atoms with van der Waals surface area (Å²) in [5.74, 6) is 0.899. The van der Waals surface area contributed by atoms with Crippen LogP contribution in [0.15, 0.2) is 24.4 Å². The van der Waals surface area contributed by atoms with E-state index < -0.39 is 0 Å². The largest absolute Gasteiger partial charge is 0.341 e. The highest BCUT2D eigenvalue weighted by molar-refractivity contribution is 6.42. The van der Waals surface area contributed by atoms with Crippen LogP contribution in [0.25, 0.3) is 11.3 Å². The van der Waals surface area contributed by atoms with Gasteiger partial charge in [-0.1, -0.05) is 29.3 Å². The molecule has 0 aliphatic rings. The van der Waals surface area contributed by atoms with Gasteiger partial charge in [0.05, 0.1) is 28.5 Å². The van der Waals surface area contributed by atoms with Crippen LogP contribution in [0.1, 0.15) is 26.6 Å². The van der Waals surface area contributed by atoms with Crippen molar-refractivity contribution in [3.05, 3.63) is 40.3 Å². The summed E-state index contributed by atoms with van der Waals surface area (Å²) in [5, 5.41) is 4.48. The molecule has 0 bridgehead atoms. The zero-order chi connectivity index (χ0) is 14.0. The Balaban J connectivity index is 2.14. The molecule has 0 fully saturated rings. The lowest BCUT2D eigenvalue weighted by Crippen LogP contribution is -2.35. The monoisotopic (exact) mass is 297 g/mol. The number of nitrogens with zero attached hydrogens (tertiary/aromatic N) is 1. The summed E-state index contributed by atoms with van der Waals surface area (Å²) in [7, 11) is 0. The summed E-state index contributed by atoms with van der Waals surface area (Å²) >= 11 is 11.9. The molecule has 0 saturated heterocycles. The first-order valence-corrected chi connectivity index (χ1v) is 6.85. The number of imidazole rings is 1. The van der Waals surface area contributed by atoms with E-state index in [0.29, 0.717) is 16.6 Å². The fourth-order valence-electron chi connectivity index (χ4n) is 1.61. The third kappa shape index (κ3) is 3.96. The van der Waals surface area contributed by atoms with Gasteiger partial charge < -0.3 is 10.3 Å². The van der Waals surface area contributed by atoms with Crippen LogP contribution >= 0.6 is 23.2 Å². The lowest BCUT2D eigenvalue weighted by atomic mass is 10.1. The van der Waals surface area contributed by atoms with Gasteiger partial charge in [-0.3, -0.25) is 0 Å². The molecule has 0 unspecified atom stereocenters. The minimum Gasteiger partial charge on any atom is -0.341 e. The summed E-state index contributed by atoms with van der Waals surface area (Å²) in [6.45, 7) is 7.06. The lowest BCUT2D eigenvalue weighted by molar-refractivity contribution is 0.418. The average Bonchev–Trinajstić information content (AvgIpc) is 2.78. The van der Waals surface area contributed by atoms with Gasteiger partial charge >= 0.3 is 0 Å². The molecule has 3 nitrogen and oxygen atoms in total. The van der Waals surface area contributed by atoms with E-state index in [4.69, 9.17) is 23.2 Å². The predicted octanol–water partition coefficient (Wildman–Crippen LogP) is 4.27. The van der Waals surface area contributed by atoms with Crippen molar-refractivity contribution < 1.29 is 0 Å². The van der Waals surface area contributed by atoms with Crippen molar-refractivity contribution in [2.75, 3.05) is 0 Å². The van der Waals surface area contributed by atoms with E-state index >= 15 is 0 Å². The van der Waals surface area contributed by atoms with E-state index in [2.05, 4.69) is 36.1 Å². The number of rotatable bonds is 3. The second-order valence-electron chi connectivity index (χ2n) is 5.48. The van der Waals surface area contributed by atoms with Crippen molar-refractivity contribution in [2.24, 2.45) is 0 Å². The molecule has 0 amide bonds.